The van der Waals surface area contributed by atoms with Crippen LogP contribution in [0.1, 0.15) is 30.0 Å². The molecule has 0 bridgehead atoms. The van der Waals surface area contributed by atoms with Crippen LogP contribution >= 0.6 is 23.3 Å². The summed E-state index contributed by atoms with van der Waals surface area (Å²) in [6.07, 6.45) is 5.01. The third-order valence-electron chi connectivity index (χ3n) is 6.21. The van der Waals surface area contributed by atoms with Gasteiger partial charge in [0.25, 0.3) is 11.8 Å². The summed E-state index contributed by atoms with van der Waals surface area (Å²) in [4.78, 5) is 50.5. The largest absolute Gasteiger partial charge is 0.448 e. The molecule has 2 aliphatic heterocycles. The van der Waals surface area contributed by atoms with Crippen molar-refractivity contribution < 1.29 is 24.0 Å². The topological polar surface area (TPSA) is 149 Å². The number of amides is 2. The number of carbonyl (C=O) groups excluding carboxylic acids is 3. The van der Waals surface area contributed by atoms with Crippen molar-refractivity contribution in [3.05, 3.63) is 88.9 Å². The number of anilines is 1. The Morgan fingerprint density at radius 1 is 1.20 bits per heavy atom. The van der Waals surface area contributed by atoms with E-state index >= 15 is 0 Å². The fourth-order valence-electron chi connectivity index (χ4n) is 4.32. The maximum absolute atomic E-state index is 13.7. The minimum atomic E-state index is -0.962. The van der Waals surface area contributed by atoms with Crippen LogP contribution in [0.25, 0.3) is 0 Å². The van der Waals surface area contributed by atoms with Gasteiger partial charge in [0.15, 0.2) is 11.2 Å². The normalized spacial score (nSPS) is 18.3. The molecule has 208 valence electrons. The monoisotopic (exact) mass is 588 g/mol. The standard InChI is InChI=1S/C28H24N6O5S2/c1-3-16-15-40-26-20(30-24(35)19(32-38-4-2)23-31-28(29)41-33-23)25(36)34(26)21(16)27(37)39-22(17-11-7-5-8-12-17)18-13-9-6-10-14-18/h1,5-14,20,22,26H,4,15H2,2H3,(H,30,35)(H2,29,31,33)/t20?,26-/m1/s1. The summed E-state index contributed by atoms with van der Waals surface area (Å²) in [6.45, 7) is 1.90. The summed E-state index contributed by atoms with van der Waals surface area (Å²) in [7, 11) is 0. The molecule has 2 aliphatic rings. The van der Waals surface area contributed by atoms with Gasteiger partial charge in [0.1, 0.15) is 23.7 Å². The number of fused-ring (bicyclic) bond motifs is 1. The van der Waals surface area contributed by atoms with Crippen molar-refractivity contribution in [3.63, 3.8) is 0 Å². The highest BCUT2D eigenvalue weighted by atomic mass is 32.2. The molecule has 3 heterocycles. The fraction of sp³-hybridized carbons (Fsp3) is 0.214. The van der Waals surface area contributed by atoms with Gasteiger partial charge in [-0.1, -0.05) is 71.7 Å². The van der Waals surface area contributed by atoms with Crippen LogP contribution < -0.4 is 11.1 Å². The molecule has 0 radical (unpaired) electrons. The molecule has 0 saturated carbocycles. The molecule has 0 aliphatic carbocycles. The molecule has 1 fully saturated rings. The predicted molar refractivity (Wildman–Crippen MR) is 154 cm³/mol. The van der Waals surface area contributed by atoms with Crippen LogP contribution in [0, 0.1) is 12.3 Å². The second kappa shape index (κ2) is 12.2. The maximum atomic E-state index is 13.7. The van der Waals surface area contributed by atoms with Crippen LogP contribution in [0.2, 0.25) is 0 Å². The number of nitrogens with two attached hydrogens (primary N) is 1. The van der Waals surface area contributed by atoms with Crippen molar-refractivity contribution >= 4 is 51.9 Å². The number of ether oxygens (including phenoxy) is 1. The number of benzene rings is 2. The Morgan fingerprint density at radius 2 is 1.85 bits per heavy atom. The van der Waals surface area contributed by atoms with Crippen LogP contribution in [-0.2, 0) is 24.0 Å². The Kier molecular flexibility index (Phi) is 8.32. The molecule has 41 heavy (non-hydrogen) atoms. The number of carbonyl (C=O) groups is 3. The lowest BCUT2D eigenvalue weighted by Crippen LogP contribution is -2.71. The van der Waals surface area contributed by atoms with Crippen molar-refractivity contribution in [3.8, 4) is 12.3 Å². The number of terminal acetylenes is 1. The van der Waals surface area contributed by atoms with Gasteiger partial charge in [0.2, 0.25) is 11.5 Å². The fourth-order valence-corrected chi connectivity index (χ4v) is 6.05. The number of rotatable bonds is 9. The summed E-state index contributed by atoms with van der Waals surface area (Å²) >= 11 is 2.22. The highest BCUT2D eigenvalue weighted by Gasteiger charge is 2.55. The SMILES string of the molecule is C#CC1=C(C(=O)OC(c2ccccc2)c2ccccc2)N2C(=O)C(NC(=O)C(=NOCC)c3nsc(N)n3)[C@H]2SC1. The number of nitrogens with one attached hydrogen (secondary N) is 1. The average molecular weight is 589 g/mol. The van der Waals surface area contributed by atoms with Crippen molar-refractivity contribution in [2.24, 2.45) is 5.16 Å². The number of nitrogens with zero attached hydrogens (tertiary/aromatic N) is 4. The van der Waals surface area contributed by atoms with Gasteiger partial charge < -0.3 is 20.6 Å². The van der Waals surface area contributed by atoms with E-state index in [1.807, 2.05) is 60.7 Å². The van der Waals surface area contributed by atoms with Gasteiger partial charge in [0, 0.05) is 22.9 Å². The Bertz CT molecular complexity index is 1530. The highest BCUT2D eigenvalue weighted by Crippen LogP contribution is 2.41. The van der Waals surface area contributed by atoms with E-state index in [0.29, 0.717) is 5.57 Å². The van der Waals surface area contributed by atoms with E-state index in [9.17, 15) is 14.4 Å². The van der Waals surface area contributed by atoms with Crippen molar-refractivity contribution in [2.75, 3.05) is 18.1 Å². The van der Waals surface area contributed by atoms with E-state index in [0.717, 1.165) is 22.7 Å². The molecular formula is C28H24N6O5S2. The summed E-state index contributed by atoms with van der Waals surface area (Å²) in [5.41, 5.74) is 7.27. The second-order valence-electron chi connectivity index (χ2n) is 8.75. The van der Waals surface area contributed by atoms with Crippen LogP contribution in [0.15, 0.2) is 77.1 Å². The van der Waals surface area contributed by atoms with Gasteiger partial charge in [-0.05, 0) is 18.1 Å². The molecule has 3 aromatic rings. The zero-order chi connectivity index (χ0) is 28.9. The van der Waals surface area contributed by atoms with E-state index in [1.165, 1.54) is 16.7 Å². The van der Waals surface area contributed by atoms with Crippen molar-refractivity contribution in [1.29, 1.82) is 0 Å². The van der Waals surface area contributed by atoms with Gasteiger partial charge >= 0.3 is 5.97 Å². The lowest BCUT2D eigenvalue weighted by Gasteiger charge is -2.49. The summed E-state index contributed by atoms with van der Waals surface area (Å²) in [5.74, 6) is 0.796. The quantitative estimate of drug-likeness (QED) is 0.126. The minimum absolute atomic E-state index is 0.0132. The van der Waals surface area contributed by atoms with Gasteiger partial charge in [0.05, 0.1) is 0 Å². The van der Waals surface area contributed by atoms with E-state index in [4.69, 9.17) is 21.7 Å². The molecule has 11 nitrogen and oxygen atoms in total. The Balaban J connectivity index is 1.37. The van der Waals surface area contributed by atoms with E-state index in [1.54, 1.807) is 6.92 Å². The first-order chi connectivity index (χ1) is 19.9. The third kappa shape index (κ3) is 5.65. The van der Waals surface area contributed by atoms with E-state index in [2.05, 4.69) is 25.8 Å². The van der Waals surface area contributed by atoms with Crippen molar-refractivity contribution in [1.82, 2.24) is 19.6 Å². The maximum Gasteiger partial charge on any atom is 0.357 e. The highest BCUT2D eigenvalue weighted by molar-refractivity contribution is 8.00. The van der Waals surface area contributed by atoms with Crippen LogP contribution in [-0.4, -0.2) is 61.5 Å². The summed E-state index contributed by atoms with van der Waals surface area (Å²) in [5, 5.41) is 6.02. The molecule has 2 aromatic carbocycles. The number of β-lactam (4-membered cyclic amide) rings is 1. The minimum Gasteiger partial charge on any atom is -0.448 e. The number of nitrogen functional groups attached to an aromatic ring is 1. The van der Waals surface area contributed by atoms with Gasteiger partial charge in [-0.15, -0.1) is 18.2 Å². The molecule has 1 aromatic heterocycles. The number of aromatic nitrogens is 2. The molecule has 5 rings (SSSR count). The van der Waals surface area contributed by atoms with Gasteiger partial charge in [-0.3, -0.25) is 14.5 Å². The van der Waals surface area contributed by atoms with Gasteiger partial charge in [-0.2, -0.15) is 9.36 Å². The van der Waals surface area contributed by atoms with Crippen LogP contribution in [0.3, 0.4) is 0 Å². The predicted octanol–water partition coefficient (Wildman–Crippen LogP) is 2.48. The van der Waals surface area contributed by atoms with E-state index in [-0.39, 0.29) is 34.7 Å². The first-order valence-corrected chi connectivity index (χ1v) is 14.3. The number of oxime groups is 1. The lowest BCUT2D eigenvalue weighted by atomic mass is 10.0. The second-order valence-corrected chi connectivity index (χ2v) is 10.6. The third-order valence-corrected chi connectivity index (χ3v) is 8.03. The zero-order valence-electron chi connectivity index (χ0n) is 21.7. The Hall–Kier alpha value is -4.67. The molecule has 2 atom stereocenters. The molecule has 1 unspecified atom stereocenters. The molecule has 2 amide bonds. The number of esters is 1. The average Bonchev–Trinajstić information content (AvgIpc) is 3.44. The molecule has 3 N–H and O–H groups in total. The van der Waals surface area contributed by atoms with Crippen LogP contribution in [0.4, 0.5) is 5.13 Å². The number of hydrogen-bond donors (Lipinski definition) is 2. The van der Waals surface area contributed by atoms with Crippen LogP contribution in [0.5, 0.6) is 0 Å². The number of hydrogen-bond acceptors (Lipinski definition) is 11. The lowest BCUT2D eigenvalue weighted by molar-refractivity contribution is -0.154. The first kappa shape index (κ1) is 27.9. The summed E-state index contributed by atoms with van der Waals surface area (Å²) in [6, 6.07) is 17.6. The smallest absolute Gasteiger partial charge is 0.357 e. The van der Waals surface area contributed by atoms with Gasteiger partial charge in [-0.25, -0.2) is 4.79 Å². The summed E-state index contributed by atoms with van der Waals surface area (Å²) < 4.78 is 10.0. The Labute approximate surface area is 244 Å². The van der Waals surface area contributed by atoms with Crippen molar-refractivity contribution in [2.45, 2.75) is 24.4 Å². The van der Waals surface area contributed by atoms with E-state index < -0.39 is 35.3 Å². The molecule has 0 spiro atoms. The molecular weight excluding hydrogens is 564 g/mol. The first-order valence-electron chi connectivity index (χ1n) is 12.5. The molecule has 1 saturated heterocycles. The number of thioether (sulfide) groups is 1. The zero-order valence-corrected chi connectivity index (χ0v) is 23.4. The Morgan fingerprint density at radius 3 is 2.41 bits per heavy atom. The molecule has 13 heteroatoms.